The van der Waals surface area contributed by atoms with Crippen LogP contribution in [0.2, 0.25) is 0 Å². The van der Waals surface area contributed by atoms with Gasteiger partial charge in [-0.3, -0.25) is 9.36 Å². The van der Waals surface area contributed by atoms with Crippen molar-refractivity contribution in [3.05, 3.63) is 44.6 Å². The zero-order valence-electron chi connectivity index (χ0n) is 20.3. The monoisotopic (exact) mass is 467 g/mol. The van der Waals surface area contributed by atoms with Crippen molar-refractivity contribution in [1.29, 1.82) is 0 Å². The molecule has 0 bridgehead atoms. The topological polar surface area (TPSA) is 113 Å². The summed E-state index contributed by atoms with van der Waals surface area (Å²) in [6, 6.07) is 0.0286. The van der Waals surface area contributed by atoms with Crippen molar-refractivity contribution in [2.45, 2.75) is 70.8 Å². The van der Waals surface area contributed by atoms with Crippen molar-refractivity contribution in [2.75, 3.05) is 18.0 Å². The molecule has 0 amide bonds. The zero-order chi connectivity index (χ0) is 24.2. The lowest BCUT2D eigenvalue weighted by Crippen LogP contribution is -2.46. The van der Waals surface area contributed by atoms with Gasteiger partial charge >= 0.3 is 5.69 Å². The SMILES string of the molecule is CCn1c(N2CCCC(N)C2)nc2c1c(=O)n(CC1=NC3CC=CC=C3C(C)(C)O1)c(=O)n2C. The molecule has 10 nitrogen and oxygen atoms in total. The second-order valence-electron chi connectivity index (χ2n) is 9.85. The summed E-state index contributed by atoms with van der Waals surface area (Å²) in [6.45, 7) is 8.00. The highest BCUT2D eigenvalue weighted by Crippen LogP contribution is 2.34. The first-order valence-corrected chi connectivity index (χ1v) is 12.0. The minimum atomic E-state index is -0.559. The zero-order valence-corrected chi connectivity index (χ0v) is 20.3. The predicted octanol–water partition coefficient (Wildman–Crippen LogP) is 1.31. The average Bonchev–Trinajstić information content (AvgIpc) is 3.20. The second kappa shape index (κ2) is 8.26. The van der Waals surface area contributed by atoms with Crippen molar-refractivity contribution in [3.63, 3.8) is 0 Å². The molecule has 34 heavy (non-hydrogen) atoms. The smallest absolute Gasteiger partial charge is 0.332 e. The first kappa shape index (κ1) is 22.6. The minimum Gasteiger partial charge on any atom is -0.469 e. The number of ether oxygens (including phenoxy) is 1. The highest BCUT2D eigenvalue weighted by Gasteiger charge is 2.37. The van der Waals surface area contributed by atoms with Gasteiger partial charge in [-0.2, -0.15) is 4.98 Å². The van der Waals surface area contributed by atoms with Gasteiger partial charge in [-0.05, 0) is 45.6 Å². The molecule has 0 spiro atoms. The van der Waals surface area contributed by atoms with Crippen LogP contribution in [0.15, 0.2) is 38.4 Å². The third kappa shape index (κ3) is 3.60. The van der Waals surface area contributed by atoms with Gasteiger partial charge < -0.3 is 19.9 Å². The molecule has 5 rings (SSSR count). The van der Waals surface area contributed by atoms with E-state index in [1.165, 1.54) is 9.13 Å². The molecule has 2 atom stereocenters. The fourth-order valence-electron chi connectivity index (χ4n) is 5.34. The van der Waals surface area contributed by atoms with Crippen LogP contribution in [-0.2, 0) is 24.9 Å². The molecule has 0 saturated carbocycles. The van der Waals surface area contributed by atoms with E-state index in [1.807, 2.05) is 37.5 Å². The Bertz CT molecular complexity index is 1340. The number of hydrogen-bond acceptors (Lipinski definition) is 7. The number of nitrogens with two attached hydrogens (primary N) is 1. The van der Waals surface area contributed by atoms with E-state index in [-0.39, 0.29) is 24.2 Å². The van der Waals surface area contributed by atoms with Gasteiger partial charge in [0.25, 0.3) is 5.56 Å². The number of rotatable bonds is 4. The van der Waals surface area contributed by atoms with Gasteiger partial charge in [0, 0.05) is 32.7 Å². The van der Waals surface area contributed by atoms with E-state index in [0.717, 1.165) is 31.4 Å². The predicted molar refractivity (Wildman–Crippen MR) is 133 cm³/mol. The second-order valence-corrected chi connectivity index (χ2v) is 9.85. The summed E-state index contributed by atoms with van der Waals surface area (Å²) in [7, 11) is 1.65. The fraction of sp³-hybridized carbons (Fsp3) is 0.583. The quantitative estimate of drug-likeness (QED) is 0.725. The Morgan fingerprint density at radius 3 is 2.79 bits per heavy atom. The first-order chi connectivity index (χ1) is 16.2. The van der Waals surface area contributed by atoms with E-state index in [4.69, 9.17) is 20.4 Å². The number of allylic oxidation sites excluding steroid dienone is 2. The summed E-state index contributed by atoms with van der Waals surface area (Å²) < 4.78 is 10.7. The molecule has 2 unspecified atom stereocenters. The highest BCUT2D eigenvalue weighted by molar-refractivity contribution is 5.80. The lowest BCUT2D eigenvalue weighted by atomic mass is 9.86. The third-order valence-corrected chi connectivity index (χ3v) is 7.06. The van der Waals surface area contributed by atoms with Crippen LogP contribution in [0.25, 0.3) is 11.2 Å². The standard InChI is InChI=1S/C24H33N7O3/c1-5-30-19-20(27-22(30)29-12-8-9-15(25)13-29)28(4)23(33)31(21(19)32)14-18-26-17-11-7-6-10-16(17)24(2,3)34-18/h6-7,10,15,17H,5,8-9,11-14,25H2,1-4H3. The Morgan fingerprint density at radius 1 is 1.26 bits per heavy atom. The molecule has 0 aromatic carbocycles. The Labute approximate surface area is 198 Å². The molecular formula is C24H33N7O3. The van der Waals surface area contributed by atoms with Gasteiger partial charge in [-0.25, -0.2) is 14.4 Å². The highest BCUT2D eigenvalue weighted by atomic mass is 16.5. The molecule has 4 heterocycles. The van der Waals surface area contributed by atoms with Crippen molar-refractivity contribution in [3.8, 4) is 0 Å². The van der Waals surface area contributed by atoms with Crippen LogP contribution in [0.5, 0.6) is 0 Å². The van der Waals surface area contributed by atoms with Gasteiger partial charge in [-0.1, -0.05) is 18.2 Å². The van der Waals surface area contributed by atoms with Crippen LogP contribution in [0.1, 0.15) is 40.0 Å². The maximum Gasteiger partial charge on any atom is 0.332 e. The molecule has 2 N–H and O–H groups in total. The van der Waals surface area contributed by atoms with Crippen molar-refractivity contribution in [2.24, 2.45) is 17.8 Å². The molecule has 2 aliphatic heterocycles. The van der Waals surface area contributed by atoms with Gasteiger partial charge in [-0.15, -0.1) is 0 Å². The number of aliphatic imine (C=N–C) groups is 1. The third-order valence-electron chi connectivity index (χ3n) is 7.06. The van der Waals surface area contributed by atoms with E-state index in [2.05, 4.69) is 11.0 Å². The lowest BCUT2D eigenvalue weighted by molar-refractivity contribution is 0.108. The van der Waals surface area contributed by atoms with Crippen molar-refractivity contribution >= 4 is 23.0 Å². The number of anilines is 1. The molecule has 182 valence electrons. The Morgan fingerprint density at radius 2 is 2.06 bits per heavy atom. The Kier molecular flexibility index (Phi) is 5.50. The van der Waals surface area contributed by atoms with Crippen molar-refractivity contribution < 1.29 is 4.74 Å². The normalized spacial score (nSPS) is 24.0. The fourth-order valence-corrected chi connectivity index (χ4v) is 5.34. The number of imidazole rings is 1. The van der Waals surface area contributed by atoms with E-state index in [0.29, 0.717) is 36.1 Å². The van der Waals surface area contributed by atoms with Crippen LogP contribution < -0.4 is 21.9 Å². The number of aryl methyl sites for hydroxylation is 2. The molecule has 1 saturated heterocycles. The summed E-state index contributed by atoms with van der Waals surface area (Å²) in [6.07, 6.45) is 8.85. The summed E-state index contributed by atoms with van der Waals surface area (Å²) in [5.41, 5.74) is 6.72. The Balaban J connectivity index is 1.60. The first-order valence-electron chi connectivity index (χ1n) is 12.0. The molecule has 3 aliphatic rings. The molecular weight excluding hydrogens is 434 g/mol. The maximum absolute atomic E-state index is 13.7. The molecule has 0 radical (unpaired) electrons. The largest absolute Gasteiger partial charge is 0.469 e. The van der Waals surface area contributed by atoms with Crippen LogP contribution in [0.4, 0.5) is 5.95 Å². The number of hydrogen-bond donors (Lipinski definition) is 1. The molecule has 1 aliphatic carbocycles. The van der Waals surface area contributed by atoms with Crippen molar-refractivity contribution in [1.82, 2.24) is 18.7 Å². The van der Waals surface area contributed by atoms with E-state index >= 15 is 0 Å². The number of piperidine rings is 1. The van der Waals surface area contributed by atoms with Gasteiger partial charge in [0.05, 0.1) is 6.04 Å². The maximum atomic E-state index is 13.7. The molecule has 10 heteroatoms. The van der Waals surface area contributed by atoms with Crippen LogP contribution in [-0.4, -0.2) is 55.4 Å². The van der Waals surface area contributed by atoms with Crippen LogP contribution in [0, 0.1) is 0 Å². The molecule has 2 aromatic rings. The summed E-state index contributed by atoms with van der Waals surface area (Å²) in [4.78, 5) is 38.5. The van der Waals surface area contributed by atoms with Crippen LogP contribution in [0.3, 0.4) is 0 Å². The minimum absolute atomic E-state index is 0.0167. The number of aromatic nitrogens is 4. The van der Waals surface area contributed by atoms with E-state index in [9.17, 15) is 9.59 Å². The average molecular weight is 468 g/mol. The summed E-state index contributed by atoms with van der Waals surface area (Å²) in [5.74, 6) is 1.08. The van der Waals surface area contributed by atoms with Crippen LogP contribution >= 0.6 is 0 Å². The number of nitrogens with zero attached hydrogens (tertiary/aromatic N) is 6. The summed E-state index contributed by atoms with van der Waals surface area (Å²) in [5, 5.41) is 0. The molecule has 1 fully saturated rings. The van der Waals surface area contributed by atoms with Gasteiger partial charge in [0.15, 0.2) is 11.2 Å². The number of fused-ring (bicyclic) bond motifs is 2. The van der Waals surface area contributed by atoms with Gasteiger partial charge in [0.2, 0.25) is 11.8 Å². The van der Waals surface area contributed by atoms with E-state index in [1.54, 1.807) is 7.05 Å². The lowest BCUT2D eigenvalue weighted by Gasteiger charge is -2.38. The van der Waals surface area contributed by atoms with E-state index < -0.39 is 11.3 Å². The van der Waals surface area contributed by atoms with Gasteiger partial charge in [0.1, 0.15) is 12.1 Å². The Hall–Kier alpha value is -3.14. The molecule has 2 aromatic heterocycles. The summed E-state index contributed by atoms with van der Waals surface area (Å²) >= 11 is 0.